The van der Waals surface area contributed by atoms with Gasteiger partial charge in [-0.25, -0.2) is 0 Å². The second-order valence-electron chi connectivity index (χ2n) is 4.06. The van der Waals surface area contributed by atoms with Crippen molar-refractivity contribution in [2.24, 2.45) is 0 Å². The minimum absolute atomic E-state index is 0.682. The average Bonchev–Trinajstić information content (AvgIpc) is 2.87. The molecular formula is C12H19NOS. The number of thiophene rings is 1. The highest BCUT2D eigenvalue weighted by molar-refractivity contribution is 7.10. The number of hydrogen-bond donors (Lipinski definition) is 0. The van der Waals surface area contributed by atoms with E-state index in [-0.39, 0.29) is 0 Å². The first-order valence-corrected chi connectivity index (χ1v) is 6.56. The van der Waals surface area contributed by atoms with Gasteiger partial charge in [-0.2, -0.15) is 0 Å². The van der Waals surface area contributed by atoms with Crippen molar-refractivity contribution < 1.29 is 4.74 Å². The summed E-state index contributed by atoms with van der Waals surface area (Å²) in [5.74, 6) is 0. The number of nitrogens with zero attached hydrogens (tertiary/aromatic N) is 1. The summed E-state index contributed by atoms with van der Waals surface area (Å²) in [6, 6.07) is 5.11. The average molecular weight is 225 g/mol. The largest absolute Gasteiger partial charge is 0.385 e. The van der Waals surface area contributed by atoms with Crippen molar-refractivity contribution in [3.8, 4) is 0 Å². The highest BCUT2D eigenvalue weighted by atomic mass is 32.1. The van der Waals surface area contributed by atoms with Gasteiger partial charge in [-0.1, -0.05) is 6.07 Å². The Bertz CT molecular complexity index is 273. The molecule has 0 amide bonds. The van der Waals surface area contributed by atoms with E-state index in [2.05, 4.69) is 22.4 Å². The lowest BCUT2D eigenvalue weighted by Crippen LogP contribution is -2.24. The van der Waals surface area contributed by atoms with Crippen molar-refractivity contribution >= 4 is 11.3 Å². The number of likely N-dealkylation sites (tertiary alicyclic amines) is 1. The second kappa shape index (κ2) is 5.64. The molecule has 0 aromatic carbocycles. The fourth-order valence-electron chi connectivity index (χ4n) is 2.31. The molecule has 1 fully saturated rings. The number of methoxy groups -OCH3 is 1. The van der Waals surface area contributed by atoms with Crippen LogP contribution in [0.4, 0.5) is 0 Å². The Morgan fingerprint density at radius 3 is 3.27 bits per heavy atom. The smallest absolute Gasteiger partial charge is 0.0474 e. The third kappa shape index (κ3) is 2.80. The summed E-state index contributed by atoms with van der Waals surface area (Å²) < 4.78 is 5.10. The van der Waals surface area contributed by atoms with Crippen molar-refractivity contribution in [3.63, 3.8) is 0 Å². The molecule has 2 nitrogen and oxygen atoms in total. The van der Waals surface area contributed by atoms with Crippen molar-refractivity contribution in [2.45, 2.75) is 25.3 Å². The van der Waals surface area contributed by atoms with E-state index in [0.29, 0.717) is 6.04 Å². The van der Waals surface area contributed by atoms with Crippen LogP contribution in [0.15, 0.2) is 17.5 Å². The lowest BCUT2D eigenvalue weighted by atomic mass is 10.2. The predicted octanol–water partition coefficient (Wildman–Crippen LogP) is 2.92. The van der Waals surface area contributed by atoms with Gasteiger partial charge in [-0.3, -0.25) is 4.90 Å². The van der Waals surface area contributed by atoms with E-state index in [1.807, 2.05) is 11.3 Å². The SMILES string of the molecule is COCCCN1CCC[C@H]1c1cccs1. The van der Waals surface area contributed by atoms with Crippen LogP contribution in [0.25, 0.3) is 0 Å². The van der Waals surface area contributed by atoms with Gasteiger partial charge in [-0.05, 0) is 37.3 Å². The molecule has 2 heterocycles. The van der Waals surface area contributed by atoms with Crippen LogP contribution < -0.4 is 0 Å². The summed E-state index contributed by atoms with van der Waals surface area (Å²) in [6.45, 7) is 3.32. The first kappa shape index (κ1) is 11.1. The first-order valence-electron chi connectivity index (χ1n) is 5.68. The van der Waals surface area contributed by atoms with Crippen molar-refractivity contribution in [2.75, 3.05) is 26.8 Å². The highest BCUT2D eigenvalue weighted by Crippen LogP contribution is 2.34. The van der Waals surface area contributed by atoms with E-state index in [9.17, 15) is 0 Å². The molecule has 0 saturated carbocycles. The Balaban J connectivity index is 1.88. The van der Waals surface area contributed by atoms with Crippen LogP contribution in [-0.4, -0.2) is 31.7 Å². The molecular weight excluding hydrogens is 206 g/mol. The predicted molar refractivity (Wildman–Crippen MR) is 64.4 cm³/mol. The van der Waals surface area contributed by atoms with Gasteiger partial charge in [0.2, 0.25) is 0 Å². The number of ether oxygens (including phenoxy) is 1. The maximum Gasteiger partial charge on any atom is 0.0474 e. The topological polar surface area (TPSA) is 12.5 Å². The van der Waals surface area contributed by atoms with E-state index in [1.165, 1.54) is 30.8 Å². The maximum atomic E-state index is 5.10. The van der Waals surface area contributed by atoms with Gasteiger partial charge >= 0.3 is 0 Å². The number of rotatable bonds is 5. The lowest BCUT2D eigenvalue weighted by Gasteiger charge is -2.23. The van der Waals surface area contributed by atoms with Crippen LogP contribution >= 0.6 is 11.3 Å². The van der Waals surface area contributed by atoms with Crippen LogP contribution in [0.1, 0.15) is 30.2 Å². The zero-order valence-electron chi connectivity index (χ0n) is 9.32. The third-order valence-corrected chi connectivity index (χ3v) is 4.00. The summed E-state index contributed by atoms with van der Waals surface area (Å²) in [5, 5.41) is 2.18. The second-order valence-corrected chi connectivity index (χ2v) is 5.04. The zero-order valence-corrected chi connectivity index (χ0v) is 10.1. The molecule has 0 spiro atoms. The number of hydrogen-bond acceptors (Lipinski definition) is 3. The van der Waals surface area contributed by atoms with Crippen LogP contribution in [0.2, 0.25) is 0 Å². The normalized spacial score (nSPS) is 22.3. The summed E-state index contributed by atoms with van der Waals surface area (Å²) in [5.41, 5.74) is 0. The molecule has 3 heteroatoms. The molecule has 84 valence electrons. The monoisotopic (exact) mass is 225 g/mol. The Hall–Kier alpha value is -0.380. The Morgan fingerprint density at radius 2 is 2.53 bits per heavy atom. The van der Waals surface area contributed by atoms with Crippen LogP contribution in [0.5, 0.6) is 0 Å². The molecule has 15 heavy (non-hydrogen) atoms. The van der Waals surface area contributed by atoms with Crippen molar-refractivity contribution in [1.29, 1.82) is 0 Å². The Kier molecular flexibility index (Phi) is 4.18. The lowest BCUT2D eigenvalue weighted by molar-refractivity contribution is 0.168. The van der Waals surface area contributed by atoms with Gasteiger partial charge in [0.15, 0.2) is 0 Å². The Labute approximate surface area is 95.9 Å². The van der Waals surface area contributed by atoms with E-state index >= 15 is 0 Å². The molecule has 0 N–H and O–H groups in total. The van der Waals surface area contributed by atoms with Crippen LogP contribution in [-0.2, 0) is 4.74 Å². The van der Waals surface area contributed by atoms with E-state index < -0.39 is 0 Å². The molecule has 2 rings (SSSR count). The molecule has 1 aromatic heterocycles. The first-order chi connectivity index (χ1) is 7.42. The van der Waals surface area contributed by atoms with Crippen molar-refractivity contribution in [3.05, 3.63) is 22.4 Å². The third-order valence-electron chi connectivity index (χ3n) is 3.03. The standard InChI is InChI=1S/C12H19NOS/c1-14-9-4-8-13-7-2-5-11(13)12-6-3-10-15-12/h3,6,10-11H,2,4-5,7-9H2,1H3/t11-/m0/s1. The molecule has 1 aliphatic heterocycles. The molecule has 1 saturated heterocycles. The van der Waals surface area contributed by atoms with E-state index in [0.717, 1.165) is 13.0 Å². The summed E-state index contributed by atoms with van der Waals surface area (Å²) in [7, 11) is 1.78. The van der Waals surface area contributed by atoms with Gasteiger partial charge in [0.1, 0.15) is 0 Å². The van der Waals surface area contributed by atoms with Gasteiger partial charge in [0.05, 0.1) is 0 Å². The summed E-state index contributed by atoms with van der Waals surface area (Å²) in [6.07, 6.45) is 3.82. The molecule has 0 aliphatic carbocycles. The highest BCUT2D eigenvalue weighted by Gasteiger charge is 2.25. The summed E-state index contributed by atoms with van der Waals surface area (Å²) >= 11 is 1.89. The zero-order chi connectivity index (χ0) is 10.5. The minimum Gasteiger partial charge on any atom is -0.385 e. The van der Waals surface area contributed by atoms with Gasteiger partial charge in [-0.15, -0.1) is 11.3 Å². The van der Waals surface area contributed by atoms with Gasteiger partial charge < -0.3 is 4.74 Å². The molecule has 1 aromatic rings. The Morgan fingerprint density at radius 1 is 1.60 bits per heavy atom. The van der Waals surface area contributed by atoms with Crippen molar-refractivity contribution in [1.82, 2.24) is 4.90 Å². The minimum atomic E-state index is 0.682. The van der Waals surface area contributed by atoms with E-state index in [4.69, 9.17) is 4.74 Å². The molecule has 0 bridgehead atoms. The maximum absolute atomic E-state index is 5.10. The van der Waals surface area contributed by atoms with E-state index in [1.54, 1.807) is 7.11 Å². The molecule has 1 atom stereocenters. The summed E-state index contributed by atoms with van der Waals surface area (Å²) in [4.78, 5) is 4.13. The fourth-order valence-corrected chi connectivity index (χ4v) is 3.20. The van der Waals surface area contributed by atoms with Gasteiger partial charge in [0.25, 0.3) is 0 Å². The molecule has 1 aliphatic rings. The van der Waals surface area contributed by atoms with Crippen LogP contribution in [0.3, 0.4) is 0 Å². The molecule has 0 unspecified atom stereocenters. The quantitative estimate of drug-likeness (QED) is 0.714. The van der Waals surface area contributed by atoms with Gasteiger partial charge in [0, 0.05) is 31.2 Å². The van der Waals surface area contributed by atoms with Crippen LogP contribution in [0, 0.1) is 0 Å². The molecule has 0 radical (unpaired) electrons. The fraction of sp³-hybridized carbons (Fsp3) is 0.667.